The molecule has 0 unspecified atom stereocenters. The summed E-state index contributed by atoms with van der Waals surface area (Å²) in [7, 11) is 0. The van der Waals surface area contributed by atoms with Gasteiger partial charge < -0.3 is 5.32 Å². The van der Waals surface area contributed by atoms with Crippen LogP contribution >= 0.6 is 12.2 Å². The molecule has 0 spiro atoms. The molecule has 1 heterocycles. The zero-order valence-electron chi connectivity index (χ0n) is 9.23. The van der Waals surface area contributed by atoms with Gasteiger partial charge in [-0.25, -0.2) is 0 Å². The lowest BCUT2D eigenvalue weighted by molar-refractivity contribution is 0.299. The van der Waals surface area contributed by atoms with E-state index in [-0.39, 0.29) is 0 Å². The molecule has 0 radical (unpaired) electrons. The standard InChI is InChI=1S/C11H17N3S/c1-3-14(4-2)9-13-11(15)10-6-5-7-12-8-10/h5-8H,3-4,9H2,1-2H3,(H,13,15). The fourth-order valence-electron chi connectivity index (χ4n) is 1.23. The molecule has 0 aliphatic rings. The molecule has 0 amide bonds. The Morgan fingerprint density at radius 2 is 2.20 bits per heavy atom. The fraction of sp³-hybridized carbons (Fsp3) is 0.455. The van der Waals surface area contributed by atoms with Gasteiger partial charge in [0.2, 0.25) is 0 Å². The molecule has 3 nitrogen and oxygen atoms in total. The molecule has 15 heavy (non-hydrogen) atoms. The summed E-state index contributed by atoms with van der Waals surface area (Å²) in [6.45, 7) is 7.12. The molecular weight excluding hydrogens is 206 g/mol. The van der Waals surface area contributed by atoms with E-state index in [9.17, 15) is 0 Å². The average Bonchev–Trinajstić information content (AvgIpc) is 2.31. The molecule has 82 valence electrons. The largest absolute Gasteiger partial charge is 0.363 e. The van der Waals surface area contributed by atoms with E-state index in [0.717, 1.165) is 30.3 Å². The molecule has 0 saturated carbocycles. The maximum absolute atomic E-state index is 5.26. The molecule has 1 aromatic rings. The van der Waals surface area contributed by atoms with Gasteiger partial charge in [-0.05, 0) is 25.2 Å². The van der Waals surface area contributed by atoms with Crippen molar-refractivity contribution in [2.45, 2.75) is 13.8 Å². The van der Waals surface area contributed by atoms with E-state index in [0.29, 0.717) is 0 Å². The van der Waals surface area contributed by atoms with E-state index < -0.39 is 0 Å². The Morgan fingerprint density at radius 1 is 1.47 bits per heavy atom. The SMILES string of the molecule is CCN(CC)CNC(=S)c1cccnc1. The van der Waals surface area contributed by atoms with Crippen LogP contribution in [0.1, 0.15) is 19.4 Å². The number of aromatic nitrogens is 1. The van der Waals surface area contributed by atoms with Gasteiger partial charge in [-0.3, -0.25) is 9.88 Å². The van der Waals surface area contributed by atoms with E-state index in [1.54, 1.807) is 12.4 Å². The van der Waals surface area contributed by atoms with E-state index in [2.05, 4.69) is 29.0 Å². The summed E-state index contributed by atoms with van der Waals surface area (Å²) < 4.78 is 0. The van der Waals surface area contributed by atoms with Crippen molar-refractivity contribution in [3.8, 4) is 0 Å². The highest BCUT2D eigenvalue weighted by Gasteiger charge is 2.02. The third-order valence-electron chi connectivity index (χ3n) is 2.28. The Bertz CT molecular complexity index is 296. The first-order valence-electron chi connectivity index (χ1n) is 5.18. The molecule has 0 saturated heterocycles. The molecule has 0 aliphatic heterocycles. The third-order valence-corrected chi connectivity index (χ3v) is 2.66. The molecule has 0 bridgehead atoms. The monoisotopic (exact) mass is 223 g/mol. The van der Waals surface area contributed by atoms with Crippen LogP contribution in [0.15, 0.2) is 24.5 Å². The summed E-state index contributed by atoms with van der Waals surface area (Å²) in [5.74, 6) is 0. The summed E-state index contributed by atoms with van der Waals surface area (Å²) in [5, 5.41) is 3.22. The topological polar surface area (TPSA) is 28.2 Å². The van der Waals surface area contributed by atoms with Crippen molar-refractivity contribution in [2.75, 3.05) is 19.8 Å². The Morgan fingerprint density at radius 3 is 2.73 bits per heavy atom. The Balaban J connectivity index is 2.43. The molecule has 1 aromatic heterocycles. The maximum Gasteiger partial charge on any atom is 0.109 e. The minimum absolute atomic E-state index is 0.759. The van der Waals surface area contributed by atoms with Crippen molar-refractivity contribution < 1.29 is 0 Å². The number of rotatable bonds is 5. The van der Waals surface area contributed by atoms with Crippen LogP contribution in [0.5, 0.6) is 0 Å². The molecule has 0 aliphatic carbocycles. The lowest BCUT2D eigenvalue weighted by Crippen LogP contribution is -2.36. The van der Waals surface area contributed by atoms with Gasteiger partial charge in [0.25, 0.3) is 0 Å². The van der Waals surface area contributed by atoms with Crippen molar-refractivity contribution in [3.63, 3.8) is 0 Å². The number of nitrogens with zero attached hydrogens (tertiary/aromatic N) is 2. The van der Waals surface area contributed by atoms with Crippen LogP contribution in [0.25, 0.3) is 0 Å². The van der Waals surface area contributed by atoms with Gasteiger partial charge in [0, 0.05) is 18.0 Å². The third kappa shape index (κ3) is 3.93. The molecular formula is C11H17N3S. The summed E-state index contributed by atoms with van der Waals surface area (Å²) in [6, 6.07) is 3.85. The zero-order valence-corrected chi connectivity index (χ0v) is 10.0. The smallest absolute Gasteiger partial charge is 0.109 e. The molecule has 0 aromatic carbocycles. The minimum Gasteiger partial charge on any atom is -0.363 e. The number of nitrogens with one attached hydrogen (secondary N) is 1. The van der Waals surface area contributed by atoms with Gasteiger partial charge in [0.05, 0.1) is 6.67 Å². The molecule has 1 N–H and O–H groups in total. The van der Waals surface area contributed by atoms with Gasteiger partial charge in [-0.15, -0.1) is 0 Å². The van der Waals surface area contributed by atoms with Gasteiger partial charge in [-0.2, -0.15) is 0 Å². The van der Waals surface area contributed by atoms with Crippen LogP contribution in [0.4, 0.5) is 0 Å². The molecule has 0 fully saturated rings. The van der Waals surface area contributed by atoms with Crippen LogP contribution in [0.3, 0.4) is 0 Å². The minimum atomic E-state index is 0.759. The summed E-state index contributed by atoms with van der Waals surface area (Å²) in [6.07, 6.45) is 3.52. The van der Waals surface area contributed by atoms with Crippen LogP contribution < -0.4 is 5.32 Å². The Kier molecular flexibility index (Phi) is 5.21. The second kappa shape index (κ2) is 6.48. The van der Waals surface area contributed by atoms with Crippen molar-refractivity contribution >= 4 is 17.2 Å². The van der Waals surface area contributed by atoms with Gasteiger partial charge in [-0.1, -0.05) is 26.1 Å². The van der Waals surface area contributed by atoms with Gasteiger partial charge >= 0.3 is 0 Å². The quantitative estimate of drug-likeness (QED) is 0.607. The highest BCUT2D eigenvalue weighted by atomic mass is 32.1. The second-order valence-electron chi connectivity index (χ2n) is 3.21. The van der Waals surface area contributed by atoms with Crippen molar-refractivity contribution in [1.29, 1.82) is 0 Å². The molecule has 0 atom stereocenters. The van der Waals surface area contributed by atoms with Gasteiger partial charge in [0.1, 0.15) is 4.99 Å². The number of thiocarbonyl (C=S) groups is 1. The number of hydrogen-bond donors (Lipinski definition) is 1. The van der Waals surface area contributed by atoms with Crippen LogP contribution in [0, 0.1) is 0 Å². The fourth-order valence-corrected chi connectivity index (χ4v) is 1.42. The lowest BCUT2D eigenvalue weighted by Gasteiger charge is -2.19. The first-order valence-corrected chi connectivity index (χ1v) is 5.59. The van der Waals surface area contributed by atoms with E-state index >= 15 is 0 Å². The van der Waals surface area contributed by atoms with Crippen molar-refractivity contribution in [2.24, 2.45) is 0 Å². The predicted molar refractivity (Wildman–Crippen MR) is 66.9 cm³/mol. The first kappa shape index (κ1) is 12.1. The normalized spacial score (nSPS) is 10.3. The highest BCUT2D eigenvalue weighted by Crippen LogP contribution is 1.96. The number of pyridine rings is 1. The zero-order chi connectivity index (χ0) is 11.1. The molecule has 1 rings (SSSR count). The summed E-state index contributed by atoms with van der Waals surface area (Å²) >= 11 is 5.26. The maximum atomic E-state index is 5.26. The highest BCUT2D eigenvalue weighted by molar-refractivity contribution is 7.80. The average molecular weight is 223 g/mol. The Hall–Kier alpha value is -1.00. The lowest BCUT2D eigenvalue weighted by atomic mass is 10.3. The van der Waals surface area contributed by atoms with Crippen molar-refractivity contribution in [1.82, 2.24) is 15.2 Å². The van der Waals surface area contributed by atoms with Crippen LogP contribution in [-0.4, -0.2) is 34.6 Å². The van der Waals surface area contributed by atoms with Crippen LogP contribution in [0.2, 0.25) is 0 Å². The van der Waals surface area contributed by atoms with Crippen LogP contribution in [-0.2, 0) is 0 Å². The predicted octanol–water partition coefficient (Wildman–Crippen LogP) is 1.65. The van der Waals surface area contributed by atoms with E-state index in [1.165, 1.54) is 0 Å². The van der Waals surface area contributed by atoms with E-state index in [4.69, 9.17) is 12.2 Å². The Labute approximate surface area is 96.5 Å². The summed E-state index contributed by atoms with van der Waals surface area (Å²) in [5.41, 5.74) is 0.972. The van der Waals surface area contributed by atoms with Crippen molar-refractivity contribution in [3.05, 3.63) is 30.1 Å². The summed E-state index contributed by atoms with van der Waals surface area (Å²) in [4.78, 5) is 7.06. The number of hydrogen-bond acceptors (Lipinski definition) is 3. The van der Waals surface area contributed by atoms with Gasteiger partial charge in [0.15, 0.2) is 0 Å². The van der Waals surface area contributed by atoms with E-state index in [1.807, 2.05) is 12.1 Å². The second-order valence-corrected chi connectivity index (χ2v) is 3.62. The molecule has 4 heteroatoms. The first-order chi connectivity index (χ1) is 7.27.